The van der Waals surface area contributed by atoms with Crippen LogP contribution in [0.4, 0.5) is 0 Å². The second-order valence-electron chi connectivity index (χ2n) is 8.79. The minimum absolute atomic E-state index is 0.0756. The molecule has 1 rings (SSSR count). The maximum absolute atomic E-state index is 12.3. The molecule has 0 aromatic heterocycles. The molecule has 1 heterocycles. The standard InChI is InChI=1S/C30H44N2O5/c1-3-5-6-7-8-9-10-11-12-13-14-15-16-17-18-19-20-23-29(35)37-25-27(33)31-30(36)26(4-2)32-24-21-22-28(32)34/h5-6,8-9,11-12,14-15,17-18,26H,3-4,7,10,13,16,19-25H2,1-2H3,(H,31,33,36)/b6-5-,9-8-,12-11-,15-14-,18-17-/t26-/m0/s1. The van der Waals surface area contributed by atoms with Gasteiger partial charge in [0.2, 0.25) is 11.8 Å². The quantitative estimate of drug-likeness (QED) is 0.149. The zero-order valence-corrected chi connectivity index (χ0v) is 22.5. The van der Waals surface area contributed by atoms with Crippen molar-refractivity contribution in [1.82, 2.24) is 10.2 Å². The van der Waals surface area contributed by atoms with E-state index in [2.05, 4.69) is 66.9 Å². The number of carbonyl (C=O) groups excluding carboxylic acids is 4. The first-order valence-electron chi connectivity index (χ1n) is 13.5. The Morgan fingerprint density at radius 3 is 1.97 bits per heavy atom. The van der Waals surface area contributed by atoms with Gasteiger partial charge >= 0.3 is 5.97 Å². The average molecular weight is 513 g/mol. The summed E-state index contributed by atoms with van der Waals surface area (Å²) in [5.41, 5.74) is 0. The van der Waals surface area contributed by atoms with Gasteiger partial charge in [-0.15, -0.1) is 0 Å². The van der Waals surface area contributed by atoms with Crippen molar-refractivity contribution in [1.29, 1.82) is 0 Å². The number of rotatable bonds is 18. The fourth-order valence-corrected chi connectivity index (χ4v) is 3.75. The zero-order valence-electron chi connectivity index (χ0n) is 22.5. The highest BCUT2D eigenvalue weighted by molar-refractivity contribution is 6.00. The molecule has 7 heteroatoms. The molecule has 7 nitrogen and oxygen atoms in total. The van der Waals surface area contributed by atoms with Gasteiger partial charge in [0.1, 0.15) is 6.04 Å². The largest absolute Gasteiger partial charge is 0.456 e. The van der Waals surface area contributed by atoms with Gasteiger partial charge in [-0.3, -0.25) is 24.5 Å². The Hall–Kier alpha value is -3.22. The van der Waals surface area contributed by atoms with Crippen LogP contribution in [0.2, 0.25) is 0 Å². The van der Waals surface area contributed by atoms with Crippen LogP contribution in [0.25, 0.3) is 0 Å². The molecule has 0 aromatic rings. The predicted molar refractivity (Wildman–Crippen MR) is 147 cm³/mol. The van der Waals surface area contributed by atoms with Crippen LogP contribution in [0, 0.1) is 0 Å². The molecule has 0 aliphatic carbocycles. The van der Waals surface area contributed by atoms with E-state index in [1.54, 1.807) is 6.92 Å². The summed E-state index contributed by atoms with van der Waals surface area (Å²) in [7, 11) is 0. The summed E-state index contributed by atoms with van der Waals surface area (Å²) in [4.78, 5) is 49.5. The molecule has 0 bridgehead atoms. The van der Waals surface area contributed by atoms with Crippen molar-refractivity contribution in [3.05, 3.63) is 60.8 Å². The number of unbranched alkanes of at least 4 members (excludes halogenated alkanes) is 1. The first-order valence-corrected chi connectivity index (χ1v) is 13.5. The molecule has 1 atom stereocenters. The summed E-state index contributed by atoms with van der Waals surface area (Å²) >= 11 is 0. The smallest absolute Gasteiger partial charge is 0.306 e. The number of esters is 1. The summed E-state index contributed by atoms with van der Waals surface area (Å²) in [6, 6.07) is -0.668. The van der Waals surface area contributed by atoms with Crippen molar-refractivity contribution in [3.63, 3.8) is 0 Å². The van der Waals surface area contributed by atoms with E-state index < -0.39 is 30.4 Å². The highest BCUT2D eigenvalue weighted by Crippen LogP contribution is 2.15. The first kappa shape index (κ1) is 31.8. The zero-order chi connectivity index (χ0) is 27.1. The lowest BCUT2D eigenvalue weighted by Gasteiger charge is -2.25. The van der Waals surface area contributed by atoms with Crippen LogP contribution in [0.5, 0.6) is 0 Å². The average Bonchev–Trinajstić information content (AvgIpc) is 3.30. The van der Waals surface area contributed by atoms with Crippen LogP contribution in [0.1, 0.15) is 84.5 Å². The van der Waals surface area contributed by atoms with Gasteiger partial charge in [0, 0.05) is 19.4 Å². The van der Waals surface area contributed by atoms with Crippen LogP contribution in [0.15, 0.2) is 60.8 Å². The van der Waals surface area contributed by atoms with Crippen molar-refractivity contribution in [2.24, 2.45) is 0 Å². The lowest BCUT2D eigenvalue weighted by Crippen LogP contribution is -2.49. The lowest BCUT2D eigenvalue weighted by molar-refractivity contribution is -0.150. The van der Waals surface area contributed by atoms with Crippen LogP contribution in [-0.4, -0.2) is 47.8 Å². The predicted octanol–water partition coefficient (Wildman–Crippen LogP) is 5.50. The third-order valence-corrected chi connectivity index (χ3v) is 5.71. The van der Waals surface area contributed by atoms with Crippen molar-refractivity contribution in [2.45, 2.75) is 90.5 Å². The van der Waals surface area contributed by atoms with Gasteiger partial charge in [0.25, 0.3) is 5.91 Å². The molecule has 1 N–H and O–H groups in total. The summed E-state index contributed by atoms with van der Waals surface area (Å²) in [6.45, 7) is 3.94. The number of amides is 3. The molecule has 0 spiro atoms. The Morgan fingerprint density at radius 1 is 0.892 bits per heavy atom. The minimum Gasteiger partial charge on any atom is -0.456 e. The Balaban J connectivity index is 2.08. The maximum atomic E-state index is 12.3. The van der Waals surface area contributed by atoms with Gasteiger partial charge in [-0.2, -0.15) is 0 Å². The molecule has 1 aliphatic rings. The maximum Gasteiger partial charge on any atom is 0.306 e. The Bertz CT molecular complexity index is 854. The number of ether oxygens (including phenoxy) is 1. The molecular weight excluding hydrogens is 468 g/mol. The highest BCUT2D eigenvalue weighted by atomic mass is 16.5. The van der Waals surface area contributed by atoms with E-state index in [0.717, 1.165) is 38.5 Å². The Morgan fingerprint density at radius 2 is 1.46 bits per heavy atom. The summed E-state index contributed by atoms with van der Waals surface area (Å²) in [6.07, 6.45) is 29.3. The number of nitrogens with one attached hydrogen (secondary N) is 1. The van der Waals surface area contributed by atoms with Gasteiger partial charge in [0.15, 0.2) is 6.61 Å². The molecule has 0 saturated carbocycles. The molecule has 0 radical (unpaired) electrons. The van der Waals surface area contributed by atoms with Crippen LogP contribution >= 0.6 is 0 Å². The molecule has 204 valence electrons. The van der Waals surface area contributed by atoms with E-state index in [4.69, 9.17) is 4.74 Å². The van der Waals surface area contributed by atoms with E-state index in [1.165, 1.54) is 4.90 Å². The number of nitrogens with zero attached hydrogens (tertiary/aromatic N) is 1. The summed E-state index contributed by atoms with van der Waals surface area (Å²) < 4.78 is 4.96. The Kier molecular flexibility index (Phi) is 18.0. The molecular formula is C30H44N2O5. The molecule has 0 unspecified atom stereocenters. The highest BCUT2D eigenvalue weighted by Gasteiger charge is 2.32. The monoisotopic (exact) mass is 512 g/mol. The van der Waals surface area contributed by atoms with Crippen molar-refractivity contribution in [3.8, 4) is 0 Å². The van der Waals surface area contributed by atoms with E-state index >= 15 is 0 Å². The van der Waals surface area contributed by atoms with Gasteiger partial charge in [0.05, 0.1) is 0 Å². The SMILES string of the molecule is CC/C=C\C/C=C\C/C=C\C/C=C\C/C=C\CCCC(=O)OCC(=O)NC(=O)[C@H](CC)N1CCCC1=O. The topological polar surface area (TPSA) is 92.8 Å². The van der Waals surface area contributed by atoms with Crippen LogP contribution in [0.3, 0.4) is 0 Å². The van der Waals surface area contributed by atoms with Gasteiger partial charge < -0.3 is 9.64 Å². The molecule has 3 amide bonds. The second-order valence-corrected chi connectivity index (χ2v) is 8.79. The molecule has 1 saturated heterocycles. The number of carbonyl (C=O) groups is 4. The number of likely N-dealkylation sites (tertiary alicyclic amines) is 1. The normalized spacial score (nSPS) is 15.2. The number of hydrogen-bond donors (Lipinski definition) is 1. The molecule has 0 aromatic carbocycles. The number of imide groups is 1. The fraction of sp³-hybridized carbons (Fsp3) is 0.533. The van der Waals surface area contributed by atoms with Gasteiger partial charge in [-0.1, -0.05) is 74.6 Å². The van der Waals surface area contributed by atoms with E-state index in [-0.39, 0.29) is 12.3 Å². The first-order chi connectivity index (χ1) is 18.0. The van der Waals surface area contributed by atoms with E-state index in [0.29, 0.717) is 32.2 Å². The number of allylic oxidation sites excluding steroid dienone is 10. The lowest BCUT2D eigenvalue weighted by atomic mass is 10.2. The van der Waals surface area contributed by atoms with Gasteiger partial charge in [-0.05, 0) is 57.8 Å². The fourth-order valence-electron chi connectivity index (χ4n) is 3.75. The second kappa shape index (κ2) is 20.9. The third kappa shape index (κ3) is 15.5. The molecule has 1 aliphatic heterocycles. The van der Waals surface area contributed by atoms with Crippen LogP contribution in [-0.2, 0) is 23.9 Å². The number of hydrogen-bond acceptors (Lipinski definition) is 5. The molecule has 37 heavy (non-hydrogen) atoms. The van der Waals surface area contributed by atoms with Gasteiger partial charge in [-0.25, -0.2) is 0 Å². The minimum atomic E-state index is -0.679. The third-order valence-electron chi connectivity index (χ3n) is 5.71. The Labute approximate surface area is 222 Å². The summed E-state index contributed by atoms with van der Waals surface area (Å²) in [5.74, 6) is -1.76. The van der Waals surface area contributed by atoms with Crippen LogP contribution < -0.4 is 5.32 Å². The van der Waals surface area contributed by atoms with E-state index in [9.17, 15) is 19.2 Å². The van der Waals surface area contributed by atoms with E-state index in [1.807, 2.05) is 6.08 Å². The summed E-state index contributed by atoms with van der Waals surface area (Å²) in [5, 5.41) is 2.23. The van der Waals surface area contributed by atoms with Crippen molar-refractivity contribution < 1.29 is 23.9 Å². The van der Waals surface area contributed by atoms with Crippen molar-refractivity contribution in [2.75, 3.05) is 13.2 Å². The molecule has 1 fully saturated rings. The van der Waals surface area contributed by atoms with Crippen molar-refractivity contribution >= 4 is 23.7 Å².